The molecule has 27 heavy (non-hydrogen) atoms. The zero-order valence-corrected chi connectivity index (χ0v) is 14.9. The fourth-order valence-corrected chi connectivity index (χ4v) is 2.59. The van der Waals surface area contributed by atoms with Crippen molar-refractivity contribution in [3.05, 3.63) is 82.8 Å². The van der Waals surface area contributed by atoms with Crippen LogP contribution in [0.3, 0.4) is 0 Å². The predicted octanol–water partition coefficient (Wildman–Crippen LogP) is 3.54. The van der Waals surface area contributed by atoms with Gasteiger partial charge in [0.15, 0.2) is 11.5 Å². The van der Waals surface area contributed by atoms with Crippen LogP contribution >= 0.6 is 0 Å². The van der Waals surface area contributed by atoms with Gasteiger partial charge >= 0.3 is 11.9 Å². The van der Waals surface area contributed by atoms with E-state index >= 15 is 0 Å². The summed E-state index contributed by atoms with van der Waals surface area (Å²) in [6.07, 6.45) is 0. The highest BCUT2D eigenvalue weighted by atomic mass is 16.6. The minimum absolute atomic E-state index is 0.0112. The molecule has 0 bridgehead atoms. The normalized spacial score (nSPS) is 15.4. The average molecular weight is 366 g/mol. The first-order valence-corrected chi connectivity index (χ1v) is 8.23. The van der Waals surface area contributed by atoms with Crippen molar-refractivity contribution in [1.82, 2.24) is 0 Å². The topological polar surface area (TPSA) is 82.1 Å². The highest BCUT2D eigenvalue weighted by Gasteiger charge is 2.34. The molecule has 3 rings (SSSR count). The molecule has 138 valence electrons. The number of rotatable bonds is 5. The van der Waals surface area contributed by atoms with Crippen LogP contribution in [0.25, 0.3) is 5.57 Å². The molecule has 2 aromatic rings. The van der Waals surface area contributed by atoms with Gasteiger partial charge in [-0.2, -0.15) is 0 Å². The van der Waals surface area contributed by atoms with Gasteiger partial charge in [-0.1, -0.05) is 42.5 Å². The summed E-state index contributed by atoms with van der Waals surface area (Å²) in [6, 6.07) is 15.7. The second-order valence-electron chi connectivity index (χ2n) is 5.86. The number of carbonyl (C=O) groups excluding carboxylic acids is 2. The molecular formula is C21H18O6. The second-order valence-corrected chi connectivity index (χ2v) is 5.86. The van der Waals surface area contributed by atoms with Gasteiger partial charge in [0.25, 0.3) is 0 Å². The van der Waals surface area contributed by atoms with Gasteiger partial charge in [0, 0.05) is 0 Å². The molecule has 0 amide bonds. The zero-order chi connectivity index (χ0) is 19.4. The number of hydrogen-bond donors (Lipinski definition) is 1. The molecule has 0 aromatic heterocycles. The molecule has 6 nitrogen and oxygen atoms in total. The van der Waals surface area contributed by atoms with Crippen molar-refractivity contribution >= 4 is 17.5 Å². The van der Waals surface area contributed by atoms with Crippen LogP contribution in [0.1, 0.15) is 18.1 Å². The van der Waals surface area contributed by atoms with E-state index in [4.69, 9.17) is 14.2 Å². The molecular weight excluding hydrogens is 348 g/mol. The third-order valence-electron chi connectivity index (χ3n) is 4.09. The van der Waals surface area contributed by atoms with E-state index in [-0.39, 0.29) is 29.3 Å². The zero-order valence-electron chi connectivity index (χ0n) is 14.9. The molecule has 0 unspecified atom stereocenters. The Morgan fingerprint density at radius 1 is 1.07 bits per heavy atom. The van der Waals surface area contributed by atoms with Gasteiger partial charge in [0.2, 0.25) is 0 Å². The van der Waals surface area contributed by atoms with Crippen molar-refractivity contribution in [1.29, 1.82) is 0 Å². The molecule has 0 radical (unpaired) electrons. The van der Waals surface area contributed by atoms with E-state index in [2.05, 4.69) is 0 Å². The van der Waals surface area contributed by atoms with Crippen LogP contribution < -0.4 is 4.74 Å². The fourth-order valence-electron chi connectivity index (χ4n) is 2.59. The molecule has 0 spiro atoms. The fraction of sp³-hybridized carbons (Fsp3) is 0.143. The Balaban J connectivity index is 1.83. The van der Waals surface area contributed by atoms with E-state index in [1.165, 1.54) is 14.0 Å². The maximum atomic E-state index is 12.3. The van der Waals surface area contributed by atoms with E-state index in [0.29, 0.717) is 11.3 Å². The van der Waals surface area contributed by atoms with Crippen LogP contribution in [0, 0.1) is 0 Å². The maximum absolute atomic E-state index is 12.3. The van der Waals surface area contributed by atoms with Crippen LogP contribution in [-0.2, 0) is 25.7 Å². The van der Waals surface area contributed by atoms with Crippen LogP contribution in [-0.4, -0.2) is 24.2 Å². The van der Waals surface area contributed by atoms with Crippen LogP contribution in [0.15, 0.2) is 71.7 Å². The lowest BCUT2D eigenvalue weighted by molar-refractivity contribution is -0.140. The summed E-state index contributed by atoms with van der Waals surface area (Å²) in [5, 5.41) is 10.4. The minimum atomic E-state index is -0.733. The number of ether oxygens (including phenoxy) is 3. The third kappa shape index (κ3) is 3.84. The molecule has 0 saturated heterocycles. The highest BCUT2D eigenvalue weighted by molar-refractivity contribution is 6.21. The molecule has 0 aliphatic carbocycles. The van der Waals surface area contributed by atoms with Gasteiger partial charge in [0.05, 0.1) is 12.7 Å². The molecule has 1 aliphatic rings. The van der Waals surface area contributed by atoms with E-state index in [1.807, 2.05) is 30.3 Å². The molecule has 0 atom stereocenters. The number of hydrogen-bond acceptors (Lipinski definition) is 6. The highest BCUT2D eigenvalue weighted by Crippen LogP contribution is 2.34. The van der Waals surface area contributed by atoms with Gasteiger partial charge in [-0.3, -0.25) is 0 Å². The lowest BCUT2D eigenvalue weighted by Gasteiger charge is -2.07. The minimum Gasteiger partial charge on any atom is -0.504 e. The number of cyclic esters (lactones) is 1. The number of aliphatic hydroxyl groups is 1. The molecule has 1 aliphatic heterocycles. The Morgan fingerprint density at radius 3 is 2.37 bits per heavy atom. The summed E-state index contributed by atoms with van der Waals surface area (Å²) in [4.78, 5) is 24.5. The summed E-state index contributed by atoms with van der Waals surface area (Å²) >= 11 is 0. The average Bonchev–Trinajstić information content (AvgIpc) is 3.00. The first-order chi connectivity index (χ1) is 13.0. The maximum Gasteiger partial charge on any atom is 0.348 e. The summed E-state index contributed by atoms with van der Waals surface area (Å²) in [6.45, 7) is 1.51. The van der Waals surface area contributed by atoms with Crippen molar-refractivity contribution in [3.63, 3.8) is 0 Å². The molecule has 0 saturated carbocycles. The van der Waals surface area contributed by atoms with E-state index in [1.54, 1.807) is 24.3 Å². The van der Waals surface area contributed by atoms with Crippen LogP contribution in [0.2, 0.25) is 0 Å². The van der Waals surface area contributed by atoms with Crippen molar-refractivity contribution < 1.29 is 28.9 Å². The molecule has 0 fully saturated rings. The van der Waals surface area contributed by atoms with E-state index < -0.39 is 11.9 Å². The molecule has 1 N–H and O–H groups in total. The summed E-state index contributed by atoms with van der Waals surface area (Å²) < 4.78 is 15.4. The predicted molar refractivity (Wildman–Crippen MR) is 97.6 cm³/mol. The number of aliphatic hydroxyl groups excluding tert-OH is 1. The number of carbonyl (C=O) groups is 2. The smallest absolute Gasteiger partial charge is 0.348 e. The van der Waals surface area contributed by atoms with Gasteiger partial charge < -0.3 is 19.3 Å². The van der Waals surface area contributed by atoms with Crippen molar-refractivity contribution in [2.45, 2.75) is 13.5 Å². The molecule has 6 heteroatoms. The first-order valence-electron chi connectivity index (χ1n) is 8.23. The Morgan fingerprint density at radius 2 is 1.74 bits per heavy atom. The SMILES string of the molecule is COc1ccc(C2=C(O)/C(=C(/C)C(=O)OCc3ccccc3)OC2=O)cc1. The number of benzene rings is 2. The first kappa shape index (κ1) is 18.3. The van der Waals surface area contributed by atoms with Crippen LogP contribution in [0.5, 0.6) is 5.75 Å². The largest absolute Gasteiger partial charge is 0.504 e. The lowest BCUT2D eigenvalue weighted by atomic mass is 10.0. The van der Waals surface area contributed by atoms with Crippen molar-refractivity contribution in [3.8, 4) is 5.75 Å². The van der Waals surface area contributed by atoms with Gasteiger partial charge in [-0.15, -0.1) is 0 Å². The Kier molecular flexibility index (Phi) is 5.26. The van der Waals surface area contributed by atoms with Gasteiger partial charge in [-0.25, -0.2) is 9.59 Å². The quantitative estimate of drug-likeness (QED) is 0.644. The van der Waals surface area contributed by atoms with Gasteiger partial charge in [-0.05, 0) is 30.2 Å². The summed E-state index contributed by atoms with van der Waals surface area (Å²) in [5.41, 5.74) is 1.28. The standard InChI is InChI=1S/C21H18O6/c1-13(20(23)26-12-14-6-4-3-5-7-14)19-18(22)17(21(24)27-19)15-8-10-16(25-2)11-9-15/h3-11,22H,12H2,1-2H3/b19-13+. The van der Waals surface area contributed by atoms with Crippen molar-refractivity contribution in [2.24, 2.45) is 0 Å². The Bertz CT molecular complexity index is 923. The molecule has 1 heterocycles. The number of esters is 2. The van der Waals surface area contributed by atoms with Crippen LogP contribution in [0.4, 0.5) is 0 Å². The Labute approximate surface area is 156 Å². The third-order valence-corrected chi connectivity index (χ3v) is 4.09. The summed E-state index contributed by atoms with van der Waals surface area (Å²) in [7, 11) is 1.53. The molecule has 2 aromatic carbocycles. The Hall–Kier alpha value is -3.54. The second kappa shape index (κ2) is 7.78. The lowest BCUT2D eigenvalue weighted by Crippen LogP contribution is -2.09. The van der Waals surface area contributed by atoms with Gasteiger partial charge in [0.1, 0.15) is 17.9 Å². The summed E-state index contributed by atoms with van der Waals surface area (Å²) in [5.74, 6) is -1.38. The monoisotopic (exact) mass is 366 g/mol. The number of methoxy groups -OCH3 is 1. The van der Waals surface area contributed by atoms with E-state index in [9.17, 15) is 14.7 Å². The van der Waals surface area contributed by atoms with Crippen molar-refractivity contribution in [2.75, 3.05) is 7.11 Å². The van der Waals surface area contributed by atoms with E-state index in [0.717, 1.165) is 5.56 Å².